The minimum atomic E-state index is -4.06. The molecule has 0 aliphatic carbocycles. The third-order valence-electron chi connectivity index (χ3n) is 3.76. The standard InChI is InChI=1S/C19H21NO6S/c1-13-5-8-15(9-6-13)27(22,23)18(19(21)26-4)12-20-14-7-10-16(24-2)17(11-14)25-3/h5-12,20H,1-4H3. The lowest BCUT2D eigenvalue weighted by Gasteiger charge is -2.11. The highest BCUT2D eigenvalue weighted by molar-refractivity contribution is 7.96. The van der Waals surface area contributed by atoms with Crippen molar-refractivity contribution in [2.45, 2.75) is 11.8 Å². The first-order valence-electron chi connectivity index (χ1n) is 7.92. The zero-order valence-electron chi connectivity index (χ0n) is 15.5. The highest BCUT2D eigenvalue weighted by Crippen LogP contribution is 2.30. The van der Waals surface area contributed by atoms with E-state index >= 15 is 0 Å². The molecule has 144 valence electrons. The number of aryl methyl sites for hydroxylation is 1. The van der Waals surface area contributed by atoms with Gasteiger partial charge in [-0.25, -0.2) is 13.2 Å². The van der Waals surface area contributed by atoms with Crippen LogP contribution in [-0.4, -0.2) is 35.7 Å². The molecule has 2 rings (SSSR count). The first-order chi connectivity index (χ1) is 12.8. The molecule has 8 heteroatoms. The van der Waals surface area contributed by atoms with Gasteiger partial charge in [0.2, 0.25) is 9.84 Å². The average molecular weight is 391 g/mol. The van der Waals surface area contributed by atoms with Crippen LogP contribution < -0.4 is 14.8 Å². The summed E-state index contributed by atoms with van der Waals surface area (Å²) >= 11 is 0. The van der Waals surface area contributed by atoms with Crippen LogP contribution in [-0.2, 0) is 19.4 Å². The zero-order chi connectivity index (χ0) is 20.0. The monoisotopic (exact) mass is 391 g/mol. The maximum absolute atomic E-state index is 12.8. The molecule has 0 heterocycles. The van der Waals surface area contributed by atoms with Gasteiger partial charge in [-0.2, -0.15) is 0 Å². The Kier molecular flexibility index (Phi) is 6.46. The van der Waals surface area contributed by atoms with Gasteiger partial charge in [-0.1, -0.05) is 17.7 Å². The smallest absolute Gasteiger partial charge is 0.351 e. The number of methoxy groups -OCH3 is 3. The summed E-state index contributed by atoms with van der Waals surface area (Å²) in [6.07, 6.45) is 1.10. The van der Waals surface area contributed by atoms with Gasteiger partial charge in [-0.05, 0) is 31.2 Å². The molecule has 0 aliphatic heterocycles. The van der Waals surface area contributed by atoms with E-state index in [0.29, 0.717) is 17.2 Å². The first-order valence-corrected chi connectivity index (χ1v) is 9.40. The van der Waals surface area contributed by atoms with Crippen LogP contribution in [0.5, 0.6) is 11.5 Å². The van der Waals surface area contributed by atoms with Crippen LogP contribution in [0.3, 0.4) is 0 Å². The lowest BCUT2D eigenvalue weighted by Crippen LogP contribution is -2.17. The highest BCUT2D eigenvalue weighted by atomic mass is 32.2. The molecule has 0 atom stereocenters. The Balaban J connectivity index is 2.42. The maximum atomic E-state index is 12.8. The molecule has 0 amide bonds. The molecule has 7 nitrogen and oxygen atoms in total. The predicted molar refractivity (Wildman–Crippen MR) is 102 cm³/mol. The quantitative estimate of drug-likeness (QED) is 0.573. The van der Waals surface area contributed by atoms with Gasteiger partial charge in [0.1, 0.15) is 0 Å². The van der Waals surface area contributed by atoms with E-state index in [0.717, 1.165) is 18.9 Å². The van der Waals surface area contributed by atoms with E-state index in [2.05, 4.69) is 10.1 Å². The molecule has 0 aliphatic rings. The Bertz CT molecular complexity index is 949. The molecule has 0 unspecified atom stereocenters. The number of anilines is 1. The molecule has 2 aromatic carbocycles. The lowest BCUT2D eigenvalue weighted by atomic mass is 10.2. The fourth-order valence-electron chi connectivity index (χ4n) is 2.27. The number of sulfone groups is 1. The van der Waals surface area contributed by atoms with Gasteiger partial charge in [0.25, 0.3) is 0 Å². The number of carbonyl (C=O) groups is 1. The molecular formula is C19H21NO6S. The third kappa shape index (κ3) is 4.59. The molecule has 0 saturated heterocycles. The zero-order valence-corrected chi connectivity index (χ0v) is 16.3. The van der Waals surface area contributed by atoms with Crippen LogP contribution in [0.2, 0.25) is 0 Å². The molecule has 1 N–H and O–H groups in total. The maximum Gasteiger partial charge on any atom is 0.351 e. The van der Waals surface area contributed by atoms with Crippen LogP contribution in [0.4, 0.5) is 5.69 Å². The number of ether oxygens (including phenoxy) is 3. The van der Waals surface area contributed by atoms with E-state index in [1.54, 1.807) is 30.3 Å². The first kappa shape index (κ1) is 20.3. The lowest BCUT2D eigenvalue weighted by molar-refractivity contribution is -0.135. The largest absolute Gasteiger partial charge is 0.493 e. The predicted octanol–water partition coefficient (Wildman–Crippen LogP) is 2.91. The van der Waals surface area contributed by atoms with Gasteiger partial charge >= 0.3 is 5.97 Å². The van der Waals surface area contributed by atoms with Gasteiger partial charge < -0.3 is 19.5 Å². The van der Waals surface area contributed by atoms with Gasteiger partial charge in [0, 0.05) is 18.0 Å². The van der Waals surface area contributed by atoms with Gasteiger partial charge in [0.05, 0.1) is 26.2 Å². The minimum Gasteiger partial charge on any atom is -0.493 e. The van der Waals surface area contributed by atoms with Crippen molar-refractivity contribution in [3.63, 3.8) is 0 Å². The third-order valence-corrected chi connectivity index (χ3v) is 5.52. The van der Waals surface area contributed by atoms with Crippen molar-refractivity contribution in [2.75, 3.05) is 26.6 Å². The Morgan fingerprint density at radius 3 is 2.15 bits per heavy atom. The second-order valence-electron chi connectivity index (χ2n) is 5.53. The SMILES string of the molecule is COC(=O)C(=CNc1ccc(OC)c(OC)c1)S(=O)(=O)c1ccc(C)cc1. The van der Waals surface area contributed by atoms with Crippen LogP contribution in [0.1, 0.15) is 5.56 Å². The molecular weight excluding hydrogens is 370 g/mol. The summed E-state index contributed by atoms with van der Waals surface area (Å²) in [6, 6.07) is 11.1. The summed E-state index contributed by atoms with van der Waals surface area (Å²) in [5.41, 5.74) is 1.41. The Morgan fingerprint density at radius 1 is 0.963 bits per heavy atom. The van der Waals surface area contributed by atoms with Crippen molar-refractivity contribution in [1.82, 2.24) is 0 Å². The minimum absolute atomic E-state index is 0.00105. The number of hydrogen-bond acceptors (Lipinski definition) is 7. The van der Waals surface area contributed by atoms with Crippen molar-refractivity contribution in [1.29, 1.82) is 0 Å². The molecule has 0 spiro atoms. The van der Waals surface area contributed by atoms with Crippen LogP contribution in [0.25, 0.3) is 0 Å². The number of esters is 1. The molecule has 2 aromatic rings. The van der Waals surface area contributed by atoms with Gasteiger partial charge in [-0.15, -0.1) is 0 Å². The normalized spacial score (nSPS) is 11.6. The fourth-order valence-corrected chi connectivity index (χ4v) is 3.53. The van der Waals surface area contributed by atoms with Gasteiger partial charge in [0.15, 0.2) is 16.4 Å². The summed E-state index contributed by atoms with van der Waals surface area (Å²) in [5, 5.41) is 2.80. The van der Waals surface area contributed by atoms with E-state index in [9.17, 15) is 13.2 Å². The highest BCUT2D eigenvalue weighted by Gasteiger charge is 2.28. The van der Waals surface area contributed by atoms with Crippen LogP contribution >= 0.6 is 0 Å². The van der Waals surface area contributed by atoms with Gasteiger partial charge in [-0.3, -0.25) is 0 Å². The second-order valence-corrected chi connectivity index (χ2v) is 7.45. The molecule has 27 heavy (non-hydrogen) atoms. The summed E-state index contributed by atoms with van der Waals surface area (Å²) in [6.45, 7) is 1.84. The average Bonchev–Trinajstić information content (AvgIpc) is 2.67. The molecule has 0 aromatic heterocycles. The molecule has 0 bridgehead atoms. The Hall–Kier alpha value is -3.00. The number of nitrogens with one attached hydrogen (secondary N) is 1. The number of carbonyl (C=O) groups excluding carboxylic acids is 1. The fraction of sp³-hybridized carbons (Fsp3) is 0.211. The molecule has 0 radical (unpaired) electrons. The summed E-state index contributed by atoms with van der Waals surface area (Å²) in [7, 11) is 0.0562. The molecule has 0 saturated carbocycles. The second kappa shape index (κ2) is 8.59. The van der Waals surface area contributed by atoms with Crippen molar-refractivity contribution in [3.8, 4) is 11.5 Å². The number of rotatable bonds is 7. The van der Waals surface area contributed by atoms with E-state index in [1.807, 2.05) is 6.92 Å². The van der Waals surface area contributed by atoms with Crippen molar-refractivity contribution >= 4 is 21.5 Å². The Labute approximate surface area is 158 Å². The number of benzene rings is 2. The van der Waals surface area contributed by atoms with Crippen LogP contribution in [0, 0.1) is 6.92 Å². The topological polar surface area (TPSA) is 90.9 Å². The number of hydrogen-bond donors (Lipinski definition) is 1. The van der Waals surface area contributed by atoms with Crippen molar-refractivity contribution in [2.24, 2.45) is 0 Å². The van der Waals surface area contributed by atoms with Crippen molar-refractivity contribution < 1.29 is 27.4 Å². The van der Waals surface area contributed by atoms with Crippen LogP contribution in [0.15, 0.2) is 58.5 Å². The Morgan fingerprint density at radius 2 is 1.59 bits per heavy atom. The van der Waals surface area contributed by atoms with E-state index in [-0.39, 0.29) is 4.90 Å². The van der Waals surface area contributed by atoms with Crippen molar-refractivity contribution in [3.05, 3.63) is 59.1 Å². The summed E-state index contributed by atoms with van der Waals surface area (Å²) in [4.78, 5) is 11.6. The van der Waals surface area contributed by atoms with E-state index < -0.39 is 20.7 Å². The van der Waals surface area contributed by atoms with E-state index in [1.165, 1.54) is 26.4 Å². The van der Waals surface area contributed by atoms with E-state index in [4.69, 9.17) is 9.47 Å². The summed E-state index contributed by atoms with van der Waals surface area (Å²) < 4.78 is 40.7. The summed E-state index contributed by atoms with van der Waals surface area (Å²) in [5.74, 6) is 0.00737. The molecule has 0 fully saturated rings.